The topological polar surface area (TPSA) is 58.6 Å². The van der Waals surface area contributed by atoms with Crippen LogP contribution in [0.15, 0.2) is 0 Å². The Morgan fingerprint density at radius 3 is 2.24 bits per heavy atom. The van der Waals surface area contributed by atoms with Crippen molar-refractivity contribution in [3.8, 4) is 0 Å². The Kier molecular flexibility index (Phi) is 6.13. The van der Waals surface area contributed by atoms with Gasteiger partial charge in [-0.2, -0.15) is 0 Å². The summed E-state index contributed by atoms with van der Waals surface area (Å²) in [5, 5.41) is 12.3. The summed E-state index contributed by atoms with van der Waals surface area (Å²) in [6.07, 6.45) is 0.107. The molecular weight excluding hydrogens is 218 g/mol. The van der Waals surface area contributed by atoms with Gasteiger partial charge in [-0.3, -0.25) is 4.79 Å². The van der Waals surface area contributed by atoms with Crippen molar-refractivity contribution in [3.05, 3.63) is 0 Å². The molecule has 4 nitrogen and oxygen atoms in total. The second kappa shape index (κ2) is 6.36. The van der Waals surface area contributed by atoms with Crippen LogP contribution in [0.5, 0.6) is 0 Å². The molecule has 0 heterocycles. The van der Waals surface area contributed by atoms with Gasteiger partial charge in [0.1, 0.15) is 12.7 Å². The first-order valence-corrected chi connectivity index (χ1v) is 6.08. The summed E-state index contributed by atoms with van der Waals surface area (Å²) in [5.74, 6) is -0.248. The van der Waals surface area contributed by atoms with E-state index in [1.54, 1.807) is 7.05 Å². The van der Waals surface area contributed by atoms with Crippen LogP contribution in [-0.4, -0.2) is 37.4 Å². The maximum absolute atomic E-state index is 11.9. The number of nitrogens with one attached hydrogen (secondary N) is 1. The average molecular weight is 245 g/mol. The molecule has 1 atom stereocenters. The van der Waals surface area contributed by atoms with Crippen LogP contribution in [0.2, 0.25) is 0 Å². The summed E-state index contributed by atoms with van der Waals surface area (Å²) in [5.41, 5.74) is -0.441. The molecule has 1 unspecified atom stereocenters. The molecule has 0 aliphatic carbocycles. The van der Waals surface area contributed by atoms with E-state index >= 15 is 0 Å². The zero-order valence-electron chi connectivity index (χ0n) is 12.0. The second-order valence-corrected chi connectivity index (χ2v) is 6.43. The Hall–Kier alpha value is -0.610. The molecule has 0 aliphatic heterocycles. The minimum atomic E-state index is -0.644. The van der Waals surface area contributed by atoms with Crippen molar-refractivity contribution in [3.63, 3.8) is 0 Å². The fourth-order valence-corrected chi connectivity index (χ4v) is 2.06. The van der Waals surface area contributed by atoms with Gasteiger partial charge in [-0.25, -0.2) is 0 Å². The van der Waals surface area contributed by atoms with Crippen LogP contribution < -0.4 is 5.32 Å². The molecule has 0 aromatic carbocycles. The Morgan fingerprint density at radius 2 is 1.82 bits per heavy atom. The number of hydrogen-bond acceptors (Lipinski definition) is 4. The molecule has 0 radical (unpaired) electrons. The quantitative estimate of drug-likeness (QED) is 0.697. The Balaban J connectivity index is 4.21. The first kappa shape index (κ1) is 16.4. The number of rotatable bonds is 6. The summed E-state index contributed by atoms with van der Waals surface area (Å²) >= 11 is 0. The van der Waals surface area contributed by atoms with E-state index in [0.717, 1.165) is 6.42 Å². The molecule has 0 spiro atoms. The van der Waals surface area contributed by atoms with Gasteiger partial charge in [-0.15, -0.1) is 0 Å². The molecule has 102 valence electrons. The maximum Gasteiger partial charge on any atom is 0.311 e. The molecule has 0 aliphatic rings. The van der Waals surface area contributed by atoms with Crippen molar-refractivity contribution < 1.29 is 14.6 Å². The van der Waals surface area contributed by atoms with Crippen LogP contribution in [-0.2, 0) is 9.53 Å². The molecule has 0 saturated heterocycles. The highest BCUT2D eigenvalue weighted by atomic mass is 16.5. The first-order valence-electron chi connectivity index (χ1n) is 6.08. The highest BCUT2D eigenvalue weighted by Crippen LogP contribution is 2.34. The van der Waals surface area contributed by atoms with Gasteiger partial charge in [0.2, 0.25) is 0 Å². The molecule has 0 amide bonds. The average Bonchev–Trinajstić information content (AvgIpc) is 2.10. The third-order valence-electron chi connectivity index (χ3n) is 2.37. The third kappa shape index (κ3) is 7.34. The van der Waals surface area contributed by atoms with Gasteiger partial charge in [0, 0.05) is 6.54 Å². The molecule has 0 bridgehead atoms. The van der Waals surface area contributed by atoms with Crippen molar-refractivity contribution in [2.45, 2.75) is 47.1 Å². The SMILES string of the molecule is CNCC(O)COC(=O)C(C)(C)CC(C)(C)C. The van der Waals surface area contributed by atoms with Gasteiger partial charge >= 0.3 is 5.97 Å². The van der Waals surface area contributed by atoms with Gasteiger partial charge in [0.05, 0.1) is 5.41 Å². The lowest BCUT2D eigenvalue weighted by atomic mass is 9.76. The largest absolute Gasteiger partial charge is 0.462 e. The normalized spacial score (nSPS) is 14.5. The highest BCUT2D eigenvalue weighted by Gasteiger charge is 2.34. The van der Waals surface area contributed by atoms with Gasteiger partial charge in [0.15, 0.2) is 0 Å². The third-order valence-corrected chi connectivity index (χ3v) is 2.37. The van der Waals surface area contributed by atoms with E-state index in [1.165, 1.54) is 0 Å². The minimum absolute atomic E-state index is 0.0489. The van der Waals surface area contributed by atoms with E-state index in [4.69, 9.17) is 4.74 Å². The lowest BCUT2D eigenvalue weighted by molar-refractivity contribution is -0.158. The van der Waals surface area contributed by atoms with E-state index < -0.39 is 11.5 Å². The standard InChI is InChI=1S/C13H27NO3/c1-12(2,3)9-13(4,5)11(16)17-8-10(15)7-14-6/h10,14-15H,7-9H2,1-6H3. The number of carbonyl (C=O) groups is 1. The zero-order chi connectivity index (χ0) is 13.7. The predicted molar refractivity (Wildman–Crippen MR) is 68.7 cm³/mol. The summed E-state index contributed by atoms with van der Waals surface area (Å²) in [6, 6.07) is 0. The number of carbonyl (C=O) groups excluding carboxylic acids is 1. The molecule has 4 heteroatoms. The fraction of sp³-hybridized carbons (Fsp3) is 0.923. The van der Waals surface area contributed by atoms with Crippen molar-refractivity contribution in [2.75, 3.05) is 20.2 Å². The molecular formula is C13H27NO3. The molecule has 2 N–H and O–H groups in total. The van der Waals surface area contributed by atoms with E-state index in [1.807, 2.05) is 13.8 Å². The number of aliphatic hydroxyl groups is 1. The molecule has 17 heavy (non-hydrogen) atoms. The lowest BCUT2D eigenvalue weighted by Crippen LogP contribution is -2.35. The number of hydrogen-bond donors (Lipinski definition) is 2. The van der Waals surface area contributed by atoms with Crippen LogP contribution in [0.3, 0.4) is 0 Å². The first-order chi connectivity index (χ1) is 7.58. The predicted octanol–water partition coefficient (Wildman–Crippen LogP) is 1.57. The molecule has 0 aromatic rings. The van der Waals surface area contributed by atoms with Gasteiger partial charge in [-0.1, -0.05) is 20.8 Å². The molecule has 0 saturated carbocycles. The number of likely N-dealkylation sites (N-methyl/N-ethyl adjacent to an activating group) is 1. The molecule has 0 aromatic heterocycles. The monoisotopic (exact) mass is 245 g/mol. The second-order valence-electron chi connectivity index (χ2n) is 6.43. The van der Waals surface area contributed by atoms with Crippen molar-refractivity contribution in [1.82, 2.24) is 5.32 Å². The summed E-state index contributed by atoms with van der Waals surface area (Å²) in [6.45, 7) is 10.5. The van der Waals surface area contributed by atoms with Crippen LogP contribution in [0.25, 0.3) is 0 Å². The van der Waals surface area contributed by atoms with Crippen molar-refractivity contribution in [1.29, 1.82) is 0 Å². The highest BCUT2D eigenvalue weighted by molar-refractivity contribution is 5.75. The zero-order valence-corrected chi connectivity index (χ0v) is 12.0. The van der Waals surface area contributed by atoms with E-state index in [-0.39, 0.29) is 18.0 Å². The van der Waals surface area contributed by atoms with Gasteiger partial charge in [-0.05, 0) is 32.7 Å². The van der Waals surface area contributed by atoms with Crippen LogP contribution in [0.4, 0.5) is 0 Å². The summed E-state index contributed by atoms with van der Waals surface area (Å²) in [4.78, 5) is 11.9. The van der Waals surface area contributed by atoms with Crippen molar-refractivity contribution in [2.24, 2.45) is 10.8 Å². The van der Waals surface area contributed by atoms with Gasteiger partial charge < -0.3 is 15.2 Å². The number of aliphatic hydroxyl groups excluding tert-OH is 1. The van der Waals surface area contributed by atoms with Crippen LogP contribution in [0, 0.1) is 10.8 Å². The van der Waals surface area contributed by atoms with Crippen LogP contribution >= 0.6 is 0 Å². The Labute approximate surface area is 105 Å². The van der Waals surface area contributed by atoms with E-state index in [0.29, 0.717) is 6.54 Å². The van der Waals surface area contributed by atoms with E-state index in [9.17, 15) is 9.90 Å². The summed E-state index contributed by atoms with van der Waals surface area (Å²) < 4.78 is 5.14. The number of ether oxygens (including phenoxy) is 1. The smallest absolute Gasteiger partial charge is 0.311 e. The fourth-order valence-electron chi connectivity index (χ4n) is 2.06. The van der Waals surface area contributed by atoms with Gasteiger partial charge in [0.25, 0.3) is 0 Å². The summed E-state index contributed by atoms with van der Waals surface area (Å²) in [7, 11) is 1.74. The van der Waals surface area contributed by atoms with Crippen molar-refractivity contribution >= 4 is 5.97 Å². The molecule has 0 rings (SSSR count). The Morgan fingerprint density at radius 1 is 1.29 bits per heavy atom. The Bertz CT molecular complexity index is 244. The maximum atomic E-state index is 11.9. The van der Waals surface area contributed by atoms with Crippen LogP contribution in [0.1, 0.15) is 41.0 Å². The van der Waals surface area contributed by atoms with E-state index in [2.05, 4.69) is 26.1 Å². The minimum Gasteiger partial charge on any atom is -0.462 e. The molecule has 0 fully saturated rings. The number of esters is 1. The lowest BCUT2D eigenvalue weighted by Gasteiger charge is -2.30.